The van der Waals surface area contributed by atoms with Gasteiger partial charge in [0.25, 0.3) is 0 Å². The van der Waals surface area contributed by atoms with Gasteiger partial charge in [-0.3, -0.25) is 4.57 Å². The summed E-state index contributed by atoms with van der Waals surface area (Å²) in [4.78, 5) is 0. The van der Waals surface area contributed by atoms with Crippen LogP contribution in [-0.4, -0.2) is 0 Å². The molecular weight excluding hydrogens is 307 g/mol. The fourth-order valence-electron chi connectivity index (χ4n) is 1.82. The lowest BCUT2D eigenvalue weighted by molar-refractivity contribution is 0.593. The molecule has 0 radical (unpaired) electrons. The maximum Gasteiger partial charge on any atom is 0.183 e. The summed E-state index contributed by atoms with van der Waals surface area (Å²) in [7, 11) is 0.0369. The number of hydrogen-bond donors (Lipinski definition) is 0. The SMILES string of the molecule is Cc1ccc(C(Br)(P=O)c2ccc(C)cc2)cc1. The minimum atomic E-state index is -0.658. The fraction of sp³-hybridized carbons (Fsp3) is 0.200. The Morgan fingerprint density at radius 1 is 0.833 bits per heavy atom. The van der Waals surface area contributed by atoms with Gasteiger partial charge in [0.2, 0.25) is 0 Å². The van der Waals surface area contributed by atoms with E-state index in [1.165, 1.54) is 11.1 Å². The standard InChI is InChI=1S/C15H14BrOP/c1-11-3-7-13(8-4-11)15(16,18-17)14-9-5-12(2)6-10-14/h3-10H,1-2H3. The maximum atomic E-state index is 11.6. The Kier molecular flexibility index (Phi) is 3.99. The molecule has 2 aromatic carbocycles. The van der Waals surface area contributed by atoms with Gasteiger partial charge in [-0.05, 0) is 25.0 Å². The number of aryl methyl sites for hydroxylation is 2. The average molecular weight is 321 g/mol. The number of halogens is 1. The first kappa shape index (κ1) is 13.5. The first-order valence-electron chi connectivity index (χ1n) is 5.74. The van der Waals surface area contributed by atoms with Crippen LogP contribution in [0.1, 0.15) is 22.3 Å². The zero-order chi connectivity index (χ0) is 13.2. The highest BCUT2D eigenvalue weighted by Gasteiger charge is 2.32. The van der Waals surface area contributed by atoms with Crippen molar-refractivity contribution in [1.82, 2.24) is 0 Å². The molecule has 1 nitrogen and oxygen atoms in total. The van der Waals surface area contributed by atoms with Crippen molar-refractivity contribution in [3.63, 3.8) is 0 Å². The maximum absolute atomic E-state index is 11.6. The van der Waals surface area contributed by atoms with E-state index in [4.69, 9.17) is 0 Å². The Bertz CT molecular complexity index is 500. The molecule has 0 aliphatic rings. The molecule has 0 heterocycles. The Hall–Kier alpha value is -0.980. The summed E-state index contributed by atoms with van der Waals surface area (Å²) in [5.74, 6) is 0. The molecule has 0 unspecified atom stereocenters. The third-order valence-corrected chi connectivity index (χ3v) is 5.11. The lowest BCUT2D eigenvalue weighted by Gasteiger charge is -2.21. The second-order valence-electron chi connectivity index (χ2n) is 4.45. The number of benzene rings is 2. The lowest BCUT2D eigenvalue weighted by Crippen LogP contribution is -2.11. The van der Waals surface area contributed by atoms with E-state index in [1.807, 2.05) is 62.4 Å². The first-order chi connectivity index (χ1) is 8.56. The van der Waals surface area contributed by atoms with Gasteiger partial charge in [-0.25, -0.2) is 0 Å². The molecule has 0 saturated heterocycles. The molecule has 0 aliphatic heterocycles. The Morgan fingerprint density at radius 3 is 1.44 bits per heavy atom. The third-order valence-electron chi connectivity index (χ3n) is 2.99. The molecule has 92 valence electrons. The van der Waals surface area contributed by atoms with Crippen LogP contribution in [0.5, 0.6) is 0 Å². The van der Waals surface area contributed by atoms with E-state index in [-0.39, 0.29) is 8.46 Å². The Morgan fingerprint density at radius 2 is 1.17 bits per heavy atom. The van der Waals surface area contributed by atoms with Crippen molar-refractivity contribution in [2.75, 3.05) is 0 Å². The van der Waals surface area contributed by atoms with Gasteiger partial charge in [-0.15, -0.1) is 0 Å². The van der Waals surface area contributed by atoms with Crippen LogP contribution in [0.25, 0.3) is 0 Å². The van der Waals surface area contributed by atoms with Crippen molar-refractivity contribution >= 4 is 24.4 Å². The molecule has 2 rings (SSSR count). The first-order valence-corrected chi connectivity index (χ1v) is 7.34. The summed E-state index contributed by atoms with van der Waals surface area (Å²) >= 11 is 3.62. The molecule has 0 bridgehead atoms. The molecule has 0 atom stereocenters. The molecule has 0 amide bonds. The van der Waals surface area contributed by atoms with Gasteiger partial charge in [0, 0.05) is 0 Å². The predicted octanol–water partition coefficient (Wildman–Crippen LogP) is 5.19. The van der Waals surface area contributed by atoms with Crippen LogP contribution in [0.2, 0.25) is 0 Å². The van der Waals surface area contributed by atoms with Gasteiger partial charge >= 0.3 is 0 Å². The van der Waals surface area contributed by atoms with E-state index >= 15 is 0 Å². The summed E-state index contributed by atoms with van der Waals surface area (Å²) in [6.07, 6.45) is 0. The van der Waals surface area contributed by atoms with Gasteiger partial charge in [0.05, 0.1) is 0 Å². The van der Waals surface area contributed by atoms with Crippen LogP contribution in [-0.2, 0) is 8.63 Å². The van der Waals surface area contributed by atoms with E-state index in [9.17, 15) is 4.57 Å². The molecule has 0 N–H and O–H groups in total. The molecule has 2 aromatic rings. The van der Waals surface area contributed by atoms with Crippen LogP contribution in [0.15, 0.2) is 48.5 Å². The molecule has 18 heavy (non-hydrogen) atoms. The summed E-state index contributed by atoms with van der Waals surface area (Å²) in [6.45, 7) is 4.08. The highest BCUT2D eigenvalue weighted by Crippen LogP contribution is 2.47. The molecule has 0 fully saturated rings. The summed E-state index contributed by atoms with van der Waals surface area (Å²) in [5.41, 5.74) is 4.38. The molecule has 0 aromatic heterocycles. The topological polar surface area (TPSA) is 17.1 Å². The minimum absolute atomic E-state index is 0.0369. The van der Waals surface area contributed by atoms with Gasteiger partial charge in [-0.2, -0.15) is 0 Å². The molecule has 3 heteroatoms. The Labute approximate surface area is 118 Å². The monoisotopic (exact) mass is 320 g/mol. The van der Waals surface area contributed by atoms with Crippen LogP contribution in [0.3, 0.4) is 0 Å². The van der Waals surface area contributed by atoms with E-state index < -0.39 is 4.07 Å². The highest BCUT2D eigenvalue weighted by molar-refractivity contribution is 9.10. The summed E-state index contributed by atoms with van der Waals surface area (Å²) in [5, 5.41) is 0. The van der Waals surface area contributed by atoms with Crippen molar-refractivity contribution in [3.05, 3.63) is 70.8 Å². The van der Waals surface area contributed by atoms with Crippen LogP contribution >= 0.6 is 24.4 Å². The van der Waals surface area contributed by atoms with Crippen LogP contribution in [0, 0.1) is 13.8 Å². The third kappa shape index (κ3) is 2.55. The molecule has 0 aliphatic carbocycles. The largest absolute Gasteiger partial charge is 0.273 e. The van der Waals surface area contributed by atoms with Crippen molar-refractivity contribution in [1.29, 1.82) is 0 Å². The zero-order valence-corrected chi connectivity index (χ0v) is 12.8. The number of hydrogen-bond acceptors (Lipinski definition) is 1. The molecule has 0 saturated carbocycles. The van der Waals surface area contributed by atoms with Crippen molar-refractivity contribution in [2.24, 2.45) is 0 Å². The van der Waals surface area contributed by atoms with E-state index in [0.717, 1.165) is 11.1 Å². The molecule has 0 spiro atoms. The minimum Gasteiger partial charge on any atom is -0.273 e. The van der Waals surface area contributed by atoms with Crippen LogP contribution < -0.4 is 0 Å². The van der Waals surface area contributed by atoms with E-state index in [0.29, 0.717) is 0 Å². The highest BCUT2D eigenvalue weighted by atomic mass is 79.9. The second-order valence-corrected chi connectivity index (χ2v) is 7.10. The normalized spacial score (nSPS) is 11.7. The fourth-order valence-corrected chi connectivity index (χ4v) is 2.86. The van der Waals surface area contributed by atoms with E-state index in [2.05, 4.69) is 15.9 Å². The predicted molar refractivity (Wildman–Crippen MR) is 79.7 cm³/mol. The zero-order valence-electron chi connectivity index (χ0n) is 10.4. The van der Waals surface area contributed by atoms with Gasteiger partial charge in [0.15, 0.2) is 12.5 Å². The van der Waals surface area contributed by atoms with Crippen molar-refractivity contribution < 1.29 is 4.57 Å². The second kappa shape index (κ2) is 5.34. The van der Waals surface area contributed by atoms with Crippen LogP contribution in [0.4, 0.5) is 0 Å². The van der Waals surface area contributed by atoms with Gasteiger partial charge in [-0.1, -0.05) is 75.6 Å². The summed E-state index contributed by atoms with van der Waals surface area (Å²) in [6, 6.07) is 16.2. The number of rotatable bonds is 3. The van der Waals surface area contributed by atoms with Gasteiger partial charge < -0.3 is 0 Å². The van der Waals surface area contributed by atoms with Gasteiger partial charge in [0.1, 0.15) is 0 Å². The van der Waals surface area contributed by atoms with Crippen molar-refractivity contribution in [2.45, 2.75) is 17.9 Å². The number of alkyl halides is 1. The lowest BCUT2D eigenvalue weighted by atomic mass is 10.0. The van der Waals surface area contributed by atoms with E-state index in [1.54, 1.807) is 0 Å². The average Bonchev–Trinajstić information content (AvgIpc) is 2.39. The summed E-state index contributed by atoms with van der Waals surface area (Å²) < 4.78 is 11.0. The quantitative estimate of drug-likeness (QED) is 0.561. The Balaban J connectivity index is 2.50. The van der Waals surface area contributed by atoms with Crippen molar-refractivity contribution in [3.8, 4) is 0 Å². The molecular formula is C15H14BrOP. The smallest absolute Gasteiger partial charge is 0.183 e.